The van der Waals surface area contributed by atoms with Crippen LogP contribution in [0.2, 0.25) is 0 Å². The van der Waals surface area contributed by atoms with E-state index in [-0.39, 0.29) is 12.4 Å². The molecule has 1 aromatic heterocycles. The molecule has 0 aliphatic carbocycles. The largest absolute Gasteiger partial charge is 0.497 e. The summed E-state index contributed by atoms with van der Waals surface area (Å²) in [5.41, 5.74) is 1.36. The van der Waals surface area contributed by atoms with Gasteiger partial charge in [-0.15, -0.1) is 0 Å². The number of nitrogens with one attached hydrogen (secondary N) is 1. The van der Waals surface area contributed by atoms with Crippen molar-refractivity contribution in [2.24, 2.45) is 0 Å². The van der Waals surface area contributed by atoms with Crippen molar-refractivity contribution < 1.29 is 23.8 Å². The average Bonchev–Trinajstić information content (AvgIpc) is 3.10. The SMILES string of the molecule is COc1ccc(OCC(=O)O[C@H](C)C(=O)c2c[nH]c3ccccc23)cc1. The third kappa shape index (κ3) is 3.85. The second-order valence-electron chi connectivity index (χ2n) is 5.71. The molecule has 1 N–H and O–H groups in total. The smallest absolute Gasteiger partial charge is 0.344 e. The Kier molecular flexibility index (Phi) is 5.22. The van der Waals surface area contributed by atoms with Gasteiger partial charge in [-0.2, -0.15) is 0 Å². The van der Waals surface area contributed by atoms with Gasteiger partial charge in [0.05, 0.1) is 7.11 Å². The van der Waals surface area contributed by atoms with Gasteiger partial charge >= 0.3 is 5.97 Å². The lowest BCUT2D eigenvalue weighted by Gasteiger charge is -2.12. The number of hydrogen-bond acceptors (Lipinski definition) is 5. The van der Waals surface area contributed by atoms with Crippen LogP contribution in [0.15, 0.2) is 54.7 Å². The van der Waals surface area contributed by atoms with Crippen molar-refractivity contribution in [1.29, 1.82) is 0 Å². The van der Waals surface area contributed by atoms with Crippen molar-refractivity contribution in [1.82, 2.24) is 4.98 Å². The van der Waals surface area contributed by atoms with Gasteiger partial charge in [0, 0.05) is 22.7 Å². The number of rotatable bonds is 7. The molecule has 0 fully saturated rings. The maximum atomic E-state index is 12.5. The molecular weight excluding hydrogens is 334 g/mol. The van der Waals surface area contributed by atoms with Gasteiger partial charge < -0.3 is 19.2 Å². The van der Waals surface area contributed by atoms with Crippen LogP contribution >= 0.6 is 0 Å². The zero-order valence-electron chi connectivity index (χ0n) is 14.5. The summed E-state index contributed by atoms with van der Waals surface area (Å²) in [6.07, 6.45) is 0.728. The topological polar surface area (TPSA) is 77.6 Å². The van der Waals surface area contributed by atoms with Gasteiger partial charge in [0.15, 0.2) is 12.7 Å². The number of esters is 1. The number of aromatic amines is 1. The molecular formula is C20H19NO5. The Hall–Kier alpha value is -3.28. The second kappa shape index (κ2) is 7.74. The number of hydrogen-bond donors (Lipinski definition) is 1. The Labute approximate surface area is 150 Å². The molecule has 3 rings (SSSR count). The summed E-state index contributed by atoms with van der Waals surface area (Å²) in [5.74, 6) is 0.331. The molecule has 134 valence electrons. The van der Waals surface area contributed by atoms with Gasteiger partial charge in [-0.3, -0.25) is 4.79 Å². The molecule has 0 aliphatic rings. The number of aromatic nitrogens is 1. The van der Waals surface area contributed by atoms with E-state index in [0.717, 1.165) is 10.9 Å². The predicted octanol–water partition coefficient (Wildman–Crippen LogP) is 3.37. The van der Waals surface area contributed by atoms with Gasteiger partial charge in [0.2, 0.25) is 5.78 Å². The zero-order valence-corrected chi connectivity index (χ0v) is 14.5. The molecule has 6 nitrogen and oxygen atoms in total. The number of H-pyrrole nitrogens is 1. The van der Waals surface area contributed by atoms with Gasteiger partial charge in [-0.1, -0.05) is 18.2 Å². The number of carbonyl (C=O) groups excluding carboxylic acids is 2. The van der Waals surface area contributed by atoms with Gasteiger partial charge in [0.1, 0.15) is 11.5 Å². The molecule has 26 heavy (non-hydrogen) atoms. The molecule has 6 heteroatoms. The van der Waals surface area contributed by atoms with E-state index in [2.05, 4.69) is 4.98 Å². The summed E-state index contributed by atoms with van der Waals surface area (Å²) in [6.45, 7) is 1.27. The van der Waals surface area contributed by atoms with Crippen molar-refractivity contribution in [3.05, 3.63) is 60.3 Å². The van der Waals surface area contributed by atoms with Crippen LogP contribution in [0.5, 0.6) is 11.5 Å². The van der Waals surface area contributed by atoms with E-state index in [1.54, 1.807) is 44.5 Å². The molecule has 3 aromatic rings. The Morgan fingerprint density at radius 1 is 1.04 bits per heavy atom. The number of fused-ring (bicyclic) bond motifs is 1. The number of benzene rings is 2. The molecule has 0 bridgehead atoms. The van der Waals surface area contributed by atoms with Gasteiger partial charge in [-0.25, -0.2) is 4.79 Å². The summed E-state index contributed by atoms with van der Waals surface area (Å²) >= 11 is 0. The Bertz CT molecular complexity index is 913. The molecule has 0 unspecified atom stereocenters. The highest BCUT2D eigenvalue weighted by atomic mass is 16.6. The predicted molar refractivity (Wildman–Crippen MR) is 96.7 cm³/mol. The van der Waals surface area contributed by atoms with Gasteiger partial charge in [-0.05, 0) is 37.3 Å². The minimum absolute atomic E-state index is 0.264. The monoisotopic (exact) mass is 353 g/mol. The highest BCUT2D eigenvalue weighted by Gasteiger charge is 2.22. The van der Waals surface area contributed by atoms with Crippen molar-refractivity contribution in [3.63, 3.8) is 0 Å². The summed E-state index contributed by atoms with van der Waals surface area (Å²) in [7, 11) is 1.57. The van der Waals surface area contributed by atoms with E-state index in [1.165, 1.54) is 0 Å². The minimum Gasteiger partial charge on any atom is -0.497 e. The summed E-state index contributed by atoms with van der Waals surface area (Å²) < 4.78 is 15.6. The first-order valence-corrected chi connectivity index (χ1v) is 8.15. The molecule has 0 amide bonds. The van der Waals surface area contributed by atoms with Crippen LogP contribution in [0.3, 0.4) is 0 Å². The molecule has 0 radical (unpaired) electrons. The highest BCUT2D eigenvalue weighted by molar-refractivity contribution is 6.10. The lowest BCUT2D eigenvalue weighted by Crippen LogP contribution is -2.27. The lowest BCUT2D eigenvalue weighted by molar-refractivity contribution is -0.148. The number of Topliss-reactive ketones (excluding diaryl/α,β-unsaturated/α-hetero) is 1. The summed E-state index contributed by atoms with van der Waals surface area (Å²) in [6, 6.07) is 14.3. The minimum atomic E-state index is -0.902. The first kappa shape index (κ1) is 17.5. The summed E-state index contributed by atoms with van der Waals surface area (Å²) in [5, 5.41) is 0.801. The normalized spacial score (nSPS) is 11.8. The first-order chi connectivity index (χ1) is 12.6. The number of para-hydroxylation sites is 1. The number of ether oxygens (including phenoxy) is 3. The van der Waals surface area contributed by atoms with E-state index in [1.807, 2.05) is 24.3 Å². The lowest BCUT2D eigenvalue weighted by atomic mass is 10.1. The Morgan fingerprint density at radius 2 is 1.73 bits per heavy atom. The zero-order chi connectivity index (χ0) is 18.5. The molecule has 0 saturated carbocycles. The highest BCUT2D eigenvalue weighted by Crippen LogP contribution is 2.20. The fraction of sp³-hybridized carbons (Fsp3) is 0.200. The Balaban J connectivity index is 1.57. The van der Waals surface area contributed by atoms with E-state index in [0.29, 0.717) is 17.1 Å². The van der Waals surface area contributed by atoms with Gasteiger partial charge in [0.25, 0.3) is 0 Å². The standard InChI is InChI=1S/C20H19NO5/c1-13(20(23)17-11-21-18-6-4-3-5-16(17)18)26-19(22)12-25-15-9-7-14(24-2)8-10-15/h3-11,13,21H,12H2,1-2H3/t13-/m1/s1. The van der Waals surface area contributed by atoms with Crippen LogP contribution in [0, 0.1) is 0 Å². The van der Waals surface area contributed by atoms with Crippen LogP contribution in [-0.2, 0) is 9.53 Å². The molecule has 0 spiro atoms. The van der Waals surface area contributed by atoms with Crippen LogP contribution in [0.25, 0.3) is 10.9 Å². The number of ketones is 1. The second-order valence-corrected chi connectivity index (χ2v) is 5.71. The first-order valence-electron chi connectivity index (χ1n) is 8.15. The fourth-order valence-corrected chi connectivity index (χ4v) is 2.59. The Morgan fingerprint density at radius 3 is 2.46 bits per heavy atom. The fourth-order valence-electron chi connectivity index (χ4n) is 2.59. The van der Waals surface area contributed by atoms with Crippen molar-refractivity contribution in [2.45, 2.75) is 13.0 Å². The number of methoxy groups -OCH3 is 1. The third-order valence-corrected chi connectivity index (χ3v) is 3.95. The number of carbonyl (C=O) groups is 2. The third-order valence-electron chi connectivity index (χ3n) is 3.95. The van der Waals surface area contributed by atoms with Crippen molar-refractivity contribution in [2.75, 3.05) is 13.7 Å². The maximum Gasteiger partial charge on any atom is 0.344 e. The van der Waals surface area contributed by atoms with E-state index in [9.17, 15) is 9.59 Å². The maximum absolute atomic E-state index is 12.5. The molecule has 0 saturated heterocycles. The average molecular weight is 353 g/mol. The summed E-state index contributed by atoms with van der Waals surface area (Å²) in [4.78, 5) is 27.5. The quantitative estimate of drug-likeness (QED) is 0.520. The molecule has 1 atom stereocenters. The van der Waals surface area contributed by atoms with Crippen LogP contribution < -0.4 is 9.47 Å². The van der Waals surface area contributed by atoms with E-state index < -0.39 is 12.1 Å². The molecule has 1 heterocycles. The van der Waals surface area contributed by atoms with Crippen LogP contribution in [0.1, 0.15) is 17.3 Å². The van der Waals surface area contributed by atoms with Crippen LogP contribution in [-0.4, -0.2) is 36.6 Å². The molecule has 2 aromatic carbocycles. The van der Waals surface area contributed by atoms with Crippen molar-refractivity contribution >= 4 is 22.7 Å². The van der Waals surface area contributed by atoms with Crippen LogP contribution in [0.4, 0.5) is 0 Å². The van der Waals surface area contributed by atoms with E-state index >= 15 is 0 Å². The van der Waals surface area contributed by atoms with Crippen molar-refractivity contribution in [3.8, 4) is 11.5 Å². The van der Waals surface area contributed by atoms with E-state index in [4.69, 9.17) is 14.2 Å². The molecule has 0 aliphatic heterocycles.